The quantitative estimate of drug-likeness (QED) is 0.850. The number of para-hydroxylation sites is 1. The van der Waals surface area contributed by atoms with Gasteiger partial charge in [-0.15, -0.1) is 0 Å². The zero-order valence-electron chi connectivity index (χ0n) is 12.3. The van der Waals surface area contributed by atoms with Crippen LogP contribution in [0.2, 0.25) is 0 Å². The number of fused-ring (bicyclic) bond motifs is 1. The SMILES string of the molecule is CN1CCN(CCCc2cccc3cccnc23)CC1. The van der Waals surface area contributed by atoms with E-state index in [0.717, 1.165) is 6.42 Å². The van der Waals surface area contributed by atoms with Crippen LogP contribution in [-0.4, -0.2) is 54.6 Å². The highest BCUT2D eigenvalue weighted by Gasteiger charge is 2.13. The van der Waals surface area contributed by atoms with E-state index < -0.39 is 0 Å². The Balaban J connectivity index is 1.57. The minimum absolute atomic E-state index is 1.13. The van der Waals surface area contributed by atoms with Gasteiger partial charge in [-0.3, -0.25) is 4.98 Å². The fraction of sp³-hybridized carbons (Fsp3) is 0.471. The van der Waals surface area contributed by atoms with Crippen molar-refractivity contribution in [3.05, 3.63) is 42.1 Å². The lowest BCUT2D eigenvalue weighted by Crippen LogP contribution is -2.44. The Morgan fingerprint density at radius 3 is 2.70 bits per heavy atom. The lowest BCUT2D eigenvalue weighted by atomic mass is 10.1. The first-order chi connectivity index (χ1) is 9.83. The molecule has 1 aliphatic rings. The second kappa shape index (κ2) is 6.33. The summed E-state index contributed by atoms with van der Waals surface area (Å²) in [5, 5.41) is 1.25. The van der Waals surface area contributed by atoms with Crippen molar-refractivity contribution >= 4 is 10.9 Å². The van der Waals surface area contributed by atoms with Gasteiger partial charge in [-0.1, -0.05) is 24.3 Å². The van der Waals surface area contributed by atoms with Crippen molar-refractivity contribution in [1.29, 1.82) is 0 Å². The summed E-state index contributed by atoms with van der Waals surface area (Å²) < 4.78 is 0. The van der Waals surface area contributed by atoms with Gasteiger partial charge in [0.25, 0.3) is 0 Å². The summed E-state index contributed by atoms with van der Waals surface area (Å²) >= 11 is 0. The van der Waals surface area contributed by atoms with E-state index in [0.29, 0.717) is 0 Å². The van der Waals surface area contributed by atoms with Gasteiger partial charge in [-0.2, -0.15) is 0 Å². The third-order valence-electron chi connectivity index (χ3n) is 4.23. The number of hydrogen-bond acceptors (Lipinski definition) is 3. The van der Waals surface area contributed by atoms with Crippen molar-refractivity contribution in [3.63, 3.8) is 0 Å². The molecule has 0 bridgehead atoms. The van der Waals surface area contributed by atoms with Crippen molar-refractivity contribution in [3.8, 4) is 0 Å². The van der Waals surface area contributed by atoms with Gasteiger partial charge >= 0.3 is 0 Å². The Kier molecular flexibility index (Phi) is 4.28. The van der Waals surface area contributed by atoms with Crippen molar-refractivity contribution in [2.45, 2.75) is 12.8 Å². The Morgan fingerprint density at radius 1 is 1.05 bits per heavy atom. The van der Waals surface area contributed by atoms with Crippen LogP contribution in [0, 0.1) is 0 Å². The molecule has 0 atom stereocenters. The molecular weight excluding hydrogens is 246 g/mol. The van der Waals surface area contributed by atoms with Crippen LogP contribution < -0.4 is 0 Å². The highest BCUT2D eigenvalue weighted by molar-refractivity contribution is 5.81. The first-order valence-electron chi connectivity index (χ1n) is 7.56. The summed E-state index contributed by atoms with van der Waals surface area (Å²) in [6, 6.07) is 10.7. The van der Waals surface area contributed by atoms with Crippen LogP contribution in [0.15, 0.2) is 36.5 Å². The maximum absolute atomic E-state index is 4.54. The van der Waals surface area contributed by atoms with Gasteiger partial charge in [0.05, 0.1) is 5.52 Å². The summed E-state index contributed by atoms with van der Waals surface area (Å²) in [5.74, 6) is 0. The average molecular weight is 269 g/mol. The van der Waals surface area contributed by atoms with Crippen molar-refractivity contribution < 1.29 is 0 Å². The molecule has 20 heavy (non-hydrogen) atoms. The minimum atomic E-state index is 1.13. The maximum atomic E-state index is 4.54. The largest absolute Gasteiger partial charge is 0.304 e. The second-order valence-corrected chi connectivity index (χ2v) is 5.74. The number of rotatable bonds is 4. The third-order valence-corrected chi connectivity index (χ3v) is 4.23. The number of pyridine rings is 1. The molecule has 2 aromatic rings. The van der Waals surface area contributed by atoms with E-state index in [1.165, 1.54) is 55.6 Å². The topological polar surface area (TPSA) is 19.4 Å². The first kappa shape index (κ1) is 13.5. The summed E-state index contributed by atoms with van der Waals surface area (Å²) in [4.78, 5) is 9.53. The van der Waals surface area contributed by atoms with Crippen LogP contribution in [0.25, 0.3) is 10.9 Å². The van der Waals surface area contributed by atoms with Crippen molar-refractivity contribution in [2.24, 2.45) is 0 Å². The molecule has 3 rings (SSSR count). The Morgan fingerprint density at radius 2 is 1.85 bits per heavy atom. The van der Waals surface area contributed by atoms with Gasteiger partial charge in [-0.05, 0) is 38.1 Å². The van der Waals surface area contributed by atoms with E-state index in [-0.39, 0.29) is 0 Å². The zero-order valence-corrected chi connectivity index (χ0v) is 12.3. The normalized spacial score (nSPS) is 17.6. The second-order valence-electron chi connectivity index (χ2n) is 5.74. The molecule has 0 N–H and O–H groups in total. The third kappa shape index (κ3) is 3.17. The molecule has 106 valence electrons. The Hall–Kier alpha value is -1.45. The van der Waals surface area contributed by atoms with Gasteiger partial charge in [0.15, 0.2) is 0 Å². The molecule has 0 saturated carbocycles. The highest BCUT2D eigenvalue weighted by atomic mass is 15.2. The van der Waals surface area contributed by atoms with Crippen LogP contribution in [-0.2, 0) is 6.42 Å². The van der Waals surface area contributed by atoms with Gasteiger partial charge in [0.1, 0.15) is 0 Å². The number of nitrogens with zero attached hydrogens (tertiary/aromatic N) is 3. The minimum Gasteiger partial charge on any atom is -0.304 e. The monoisotopic (exact) mass is 269 g/mol. The highest BCUT2D eigenvalue weighted by Crippen LogP contribution is 2.17. The number of aromatic nitrogens is 1. The molecule has 0 amide bonds. The molecular formula is C17H23N3. The van der Waals surface area contributed by atoms with E-state index in [2.05, 4.69) is 46.1 Å². The molecule has 1 aliphatic heterocycles. The predicted molar refractivity (Wildman–Crippen MR) is 84.0 cm³/mol. The molecule has 1 aromatic heterocycles. The molecule has 3 nitrogen and oxygen atoms in total. The number of benzene rings is 1. The maximum Gasteiger partial charge on any atom is 0.0733 e. The van der Waals surface area contributed by atoms with E-state index >= 15 is 0 Å². The fourth-order valence-corrected chi connectivity index (χ4v) is 2.93. The van der Waals surface area contributed by atoms with Crippen molar-refractivity contribution in [2.75, 3.05) is 39.8 Å². The van der Waals surface area contributed by atoms with Crippen LogP contribution in [0.1, 0.15) is 12.0 Å². The van der Waals surface area contributed by atoms with Gasteiger partial charge in [-0.25, -0.2) is 0 Å². The first-order valence-corrected chi connectivity index (χ1v) is 7.56. The molecule has 0 aliphatic carbocycles. The average Bonchev–Trinajstić information content (AvgIpc) is 2.49. The van der Waals surface area contributed by atoms with Crippen molar-refractivity contribution in [1.82, 2.24) is 14.8 Å². The standard InChI is InChI=1S/C17H23N3/c1-19-11-13-20(14-12-19)10-4-8-16-6-2-5-15-7-3-9-18-17(15)16/h2-3,5-7,9H,4,8,10-14H2,1H3. The zero-order chi connectivity index (χ0) is 13.8. The van der Waals surface area contributed by atoms with E-state index in [1.54, 1.807) is 0 Å². The Bertz CT molecular complexity index is 554. The summed E-state index contributed by atoms with van der Waals surface area (Å²) in [6.07, 6.45) is 4.24. The van der Waals surface area contributed by atoms with Crippen LogP contribution in [0.5, 0.6) is 0 Å². The van der Waals surface area contributed by atoms with Crippen LogP contribution in [0.3, 0.4) is 0 Å². The van der Waals surface area contributed by atoms with Gasteiger partial charge in [0.2, 0.25) is 0 Å². The molecule has 0 spiro atoms. The molecule has 3 heteroatoms. The Labute approximate surface area is 121 Å². The molecule has 1 saturated heterocycles. The summed E-state index contributed by atoms with van der Waals surface area (Å²) in [6.45, 7) is 6.04. The molecule has 1 fully saturated rings. The number of aryl methyl sites for hydroxylation is 1. The van der Waals surface area contributed by atoms with Crippen LogP contribution >= 0.6 is 0 Å². The van der Waals surface area contributed by atoms with Gasteiger partial charge < -0.3 is 9.80 Å². The fourth-order valence-electron chi connectivity index (χ4n) is 2.93. The molecule has 2 heterocycles. The number of likely N-dealkylation sites (N-methyl/N-ethyl adjacent to an activating group) is 1. The van der Waals surface area contributed by atoms with Crippen LogP contribution in [0.4, 0.5) is 0 Å². The lowest BCUT2D eigenvalue weighted by Gasteiger charge is -2.32. The smallest absolute Gasteiger partial charge is 0.0733 e. The van der Waals surface area contributed by atoms with Gasteiger partial charge in [0, 0.05) is 37.8 Å². The van der Waals surface area contributed by atoms with E-state index in [9.17, 15) is 0 Å². The number of piperazine rings is 1. The number of hydrogen-bond donors (Lipinski definition) is 0. The molecule has 0 radical (unpaired) electrons. The molecule has 1 aromatic carbocycles. The summed E-state index contributed by atoms with van der Waals surface area (Å²) in [7, 11) is 2.21. The van der Waals surface area contributed by atoms with E-state index in [4.69, 9.17) is 0 Å². The predicted octanol–water partition coefficient (Wildman–Crippen LogP) is 2.41. The summed E-state index contributed by atoms with van der Waals surface area (Å²) in [5.41, 5.74) is 2.56. The molecule has 0 unspecified atom stereocenters. The van der Waals surface area contributed by atoms with E-state index in [1.807, 2.05) is 12.3 Å². The lowest BCUT2D eigenvalue weighted by molar-refractivity contribution is 0.153.